The molecule has 1 atom stereocenters. The Kier molecular flexibility index (Phi) is 6.28. The molecule has 0 saturated carbocycles. The zero-order valence-electron chi connectivity index (χ0n) is 15.7. The molecule has 30 heavy (non-hydrogen) atoms. The van der Waals surface area contributed by atoms with Crippen molar-refractivity contribution >= 4 is 11.7 Å². The standard InChI is InChI=1S/C21H19F6NO2/c22-20(23,24)19(21(25,26)27)15-7-9-17-14(10-15)6-8-16(28-17)11-18(29)30-12-13-4-2-1-3-5-13/h1-5,7,9-10,16,19,28H,6,8,11-12H2. The van der Waals surface area contributed by atoms with E-state index in [2.05, 4.69) is 5.32 Å². The molecule has 2 aromatic rings. The zero-order valence-corrected chi connectivity index (χ0v) is 15.7. The van der Waals surface area contributed by atoms with E-state index in [1.165, 1.54) is 6.07 Å². The van der Waals surface area contributed by atoms with Gasteiger partial charge in [-0.15, -0.1) is 0 Å². The number of carbonyl (C=O) groups excluding carboxylic acids is 1. The Hall–Kier alpha value is -2.71. The number of anilines is 1. The molecule has 0 fully saturated rings. The first-order valence-electron chi connectivity index (χ1n) is 9.26. The van der Waals surface area contributed by atoms with Crippen molar-refractivity contribution in [3.05, 3.63) is 65.2 Å². The van der Waals surface area contributed by atoms with Gasteiger partial charge in [0.25, 0.3) is 0 Å². The zero-order chi connectivity index (χ0) is 21.9. The molecule has 0 amide bonds. The maximum absolute atomic E-state index is 12.9. The fraction of sp³-hybridized carbons (Fsp3) is 0.381. The second-order valence-electron chi connectivity index (χ2n) is 7.16. The highest BCUT2D eigenvalue weighted by Crippen LogP contribution is 2.47. The molecule has 3 rings (SSSR count). The van der Waals surface area contributed by atoms with Crippen molar-refractivity contribution in [3.8, 4) is 0 Å². The maximum atomic E-state index is 12.9. The molecule has 1 aliphatic rings. The summed E-state index contributed by atoms with van der Waals surface area (Å²) in [6.45, 7) is 0.128. The first-order chi connectivity index (χ1) is 14.0. The van der Waals surface area contributed by atoms with Gasteiger partial charge in [0, 0.05) is 11.7 Å². The monoisotopic (exact) mass is 431 g/mol. The molecule has 2 aromatic carbocycles. The van der Waals surface area contributed by atoms with Crippen LogP contribution in [0, 0.1) is 0 Å². The van der Waals surface area contributed by atoms with Gasteiger partial charge in [-0.05, 0) is 35.6 Å². The topological polar surface area (TPSA) is 38.3 Å². The van der Waals surface area contributed by atoms with E-state index in [1.54, 1.807) is 0 Å². The Morgan fingerprint density at radius 1 is 1.03 bits per heavy atom. The van der Waals surface area contributed by atoms with Crippen LogP contribution in [-0.4, -0.2) is 24.4 Å². The van der Waals surface area contributed by atoms with Crippen LogP contribution >= 0.6 is 0 Å². The van der Waals surface area contributed by atoms with Crippen LogP contribution in [-0.2, 0) is 22.6 Å². The van der Waals surface area contributed by atoms with Crippen LogP contribution in [0.15, 0.2) is 48.5 Å². The van der Waals surface area contributed by atoms with Gasteiger partial charge >= 0.3 is 18.3 Å². The molecule has 1 unspecified atom stereocenters. The lowest BCUT2D eigenvalue weighted by Crippen LogP contribution is -2.34. The average Bonchev–Trinajstić information content (AvgIpc) is 2.65. The first-order valence-corrected chi connectivity index (χ1v) is 9.26. The Bertz CT molecular complexity index is 865. The van der Waals surface area contributed by atoms with Crippen molar-refractivity contribution in [1.29, 1.82) is 0 Å². The molecule has 162 valence electrons. The molecule has 0 radical (unpaired) electrons. The van der Waals surface area contributed by atoms with Gasteiger partial charge in [-0.2, -0.15) is 26.3 Å². The van der Waals surface area contributed by atoms with Gasteiger partial charge in [-0.25, -0.2) is 0 Å². The maximum Gasteiger partial charge on any atom is 0.404 e. The SMILES string of the molecule is O=C(CC1CCc2cc(C(C(F)(F)F)C(F)(F)F)ccc2N1)OCc1ccccc1. The molecule has 1 heterocycles. The molecule has 1 N–H and O–H groups in total. The predicted octanol–water partition coefficient (Wildman–Crippen LogP) is 5.76. The van der Waals surface area contributed by atoms with Gasteiger partial charge in [-0.1, -0.05) is 42.5 Å². The van der Waals surface area contributed by atoms with Crippen LogP contribution in [0.25, 0.3) is 0 Å². The second-order valence-corrected chi connectivity index (χ2v) is 7.16. The smallest absolute Gasteiger partial charge is 0.404 e. The average molecular weight is 431 g/mol. The van der Waals surface area contributed by atoms with E-state index in [0.717, 1.165) is 17.7 Å². The highest BCUT2D eigenvalue weighted by Gasteiger charge is 2.57. The summed E-state index contributed by atoms with van der Waals surface area (Å²) >= 11 is 0. The van der Waals surface area contributed by atoms with E-state index in [0.29, 0.717) is 17.7 Å². The minimum absolute atomic E-state index is 0.0434. The van der Waals surface area contributed by atoms with Crippen LogP contribution < -0.4 is 5.32 Å². The van der Waals surface area contributed by atoms with Gasteiger partial charge in [0.15, 0.2) is 5.92 Å². The summed E-state index contributed by atoms with van der Waals surface area (Å²) in [6.07, 6.45) is -10.2. The van der Waals surface area contributed by atoms with Crippen molar-refractivity contribution in [3.63, 3.8) is 0 Å². The van der Waals surface area contributed by atoms with E-state index in [1.807, 2.05) is 30.3 Å². The number of fused-ring (bicyclic) bond motifs is 1. The summed E-state index contributed by atoms with van der Waals surface area (Å²) in [6, 6.07) is 11.8. The van der Waals surface area contributed by atoms with Crippen LogP contribution in [0.3, 0.4) is 0 Å². The summed E-state index contributed by atoms with van der Waals surface area (Å²) in [5.41, 5.74) is 0.786. The van der Waals surface area contributed by atoms with Gasteiger partial charge in [0.05, 0.1) is 6.42 Å². The van der Waals surface area contributed by atoms with E-state index >= 15 is 0 Å². The van der Waals surface area contributed by atoms with Crippen LogP contribution in [0.5, 0.6) is 0 Å². The number of hydrogen-bond donors (Lipinski definition) is 1. The van der Waals surface area contributed by atoms with Crippen LogP contribution in [0.1, 0.15) is 35.4 Å². The van der Waals surface area contributed by atoms with E-state index in [9.17, 15) is 31.1 Å². The number of benzene rings is 2. The number of ether oxygens (including phenoxy) is 1. The summed E-state index contributed by atoms with van der Waals surface area (Å²) < 4.78 is 82.9. The second kappa shape index (κ2) is 8.57. The van der Waals surface area contributed by atoms with E-state index in [-0.39, 0.29) is 25.5 Å². The summed E-state index contributed by atoms with van der Waals surface area (Å²) in [7, 11) is 0. The highest BCUT2D eigenvalue weighted by molar-refractivity contribution is 5.71. The highest BCUT2D eigenvalue weighted by atomic mass is 19.4. The molecule has 0 aliphatic carbocycles. The Labute approximate surface area is 169 Å². The third-order valence-corrected chi connectivity index (χ3v) is 4.89. The van der Waals surface area contributed by atoms with Crippen molar-refractivity contribution in [2.45, 2.75) is 50.2 Å². The number of esters is 1. The van der Waals surface area contributed by atoms with Gasteiger partial charge < -0.3 is 10.1 Å². The Balaban J connectivity index is 1.63. The quantitative estimate of drug-likeness (QED) is 0.484. The summed E-state index contributed by atoms with van der Waals surface area (Å²) in [5, 5.41) is 3.01. The minimum atomic E-state index is -5.43. The lowest BCUT2D eigenvalue weighted by Gasteiger charge is -2.29. The fourth-order valence-electron chi connectivity index (χ4n) is 3.48. The number of halogens is 6. The van der Waals surface area contributed by atoms with Crippen molar-refractivity contribution in [2.75, 3.05) is 5.32 Å². The van der Waals surface area contributed by atoms with Crippen molar-refractivity contribution < 1.29 is 35.9 Å². The minimum Gasteiger partial charge on any atom is -0.461 e. The number of aryl methyl sites for hydroxylation is 1. The van der Waals surface area contributed by atoms with E-state index in [4.69, 9.17) is 4.74 Å². The number of carbonyl (C=O) groups is 1. The Morgan fingerprint density at radius 3 is 2.33 bits per heavy atom. The summed E-state index contributed by atoms with van der Waals surface area (Å²) in [5.74, 6) is -3.97. The predicted molar refractivity (Wildman–Crippen MR) is 97.9 cm³/mol. The Morgan fingerprint density at radius 2 is 1.70 bits per heavy atom. The van der Waals surface area contributed by atoms with Crippen LogP contribution in [0.2, 0.25) is 0 Å². The molecular formula is C21H19F6NO2. The first kappa shape index (κ1) is 22.0. The summed E-state index contributed by atoms with van der Waals surface area (Å²) in [4.78, 5) is 12.0. The number of hydrogen-bond acceptors (Lipinski definition) is 3. The number of alkyl halides is 6. The molecule has 3 nitrogen and oxygen atoms in total. The molecule has 0 bridgehead atoms. The van der Waals surface area contributed by atoms with Crippen molar-refractivity contribution in [1.82, 2.24) is 0 Å². The number of nitrogens with one attached hydrogen (secondary N) is 1. The van der Waals surface area contributed by atoms with E-state index < -0.39 is 29.8 Å². The van der Waals surface area contributed by atoms with Gasteiger partial charge in [0.2, 0.25) is 0 Å². The largest absolute Gasteiger partial charge is 0.461 e. The third-order valence-electron chi connectivity index (χ3n) is 4.89. The molecular weight excluding hydrogens is 412 g/mol. The molecule has 0 aromatic heterocycles. The molecule has 1 aliphatic heterocycles. The molecule has 0 spiro atoms. The fourth-order valence-corrected chi connectivity index (χ4v) is 3.48. The lowest BCUT2D eigenvalue weighted by atomic mass is 9.90. The third kappa shape index (κ3) is 5.46. The normalized spacial score (nSPS) is 16.7. The van der Waals surface area contributed by atoms with Gasteiger partial charge in [0.1, 0.15) is 6.61 Å². The lowest BCUT2D eigenvalue weighted by molar-refractivity contribution is -0.253. The van der Waals surface area contributed by atoms with Gasteiger partial charge in [-0.3, -0.25) is 4.79 Å². The van der Waals surface area contributed by atoms with Crippen molar-refractivity contribution in [2.24, 2.45) is 0 Å². The van der Waals surface area contributed by atoms with Crippen LogP contribution in [0.4, 0.5) is 32.0 Å². The molecule has 9 heteroatoms. The number of rotatable bonds is 5. The molecule has 0 saturated heterocycles.